The van der Waals surface area contributed by atoms with Gasteiger partial charge >= 0.3 is 0 Å². The summed E-state index contributed by atoms with van der Waals surface area (Å²) >= 11 is 11.8. The average Bonchev–Trinajstić information content (AvgIpc) is 2.57. The van der Waals surface area contributed by atoms with Crippen molar-refractivity contribution >= 4 is 35.1 Å². The van der Waals surface area contributed by atoms with E-state index in [1.807, 2.05) is 36.4 Å². The van der Waals surface area contributed by atoms with Gasteiger partial charge in [-0.05, 0) is 54.1 Å². The molecule has 0 saturated heterocycles. The average molecular weight is 343 g/mol. The molecule has 0 aliphatic heterocycles. The zero-order chi connectivity index (χ0) is 16.1. The molecule has 0 spiro atoms. The summed E-state index contributed by atoms with van der Waals surface area (Å²) in [6, 6.07) is 18.4. The predicted octanol–water partition coefficient (Wildman–Crippen LogP) is 5.93. The van der Waals surface area contributed by atoms with Crippen LogP contribution in [0.4, 0.5) is 5.69 Å². The second-order valence-electron chi connectivity index (χ2n) is 4.70. The van der Waals surface area contributed by atoms with E-state index in [-0.39, 0.29) is 0 Å². The van der Waals surface area contributed by atoms with Gasteiger partial charge in [-0.15, -0.1) is 0 Å². The summed E-state index contributed by atoms with van der Waals surface area (Å²) in [5.74, 6) is 1.44. The molecule has 0 fully saturated rings. The summed E-state index contributed by atoms with van der Waals surface area (Å²) in [6.07, 6.45) is 3.35. The van der Waals surface area contributed by atoms with Crippen LogP contribution in [0.15, 0.2) is 71.9 Å². The molecule has 0 radical (unpaired) electrons. The van der Waals surface area contributed by atoms with E-state index in [9.17, 15) is 0 Å². The molecule has 0 bridgehead atoms. The lowest BCUT2D eigenvalue weighted by atomic mass is 10.2. The SMILES string of the molecule is Clc1ccc(Oc2cccc(C=Nc3cccnc3Cl)c2)cc1. The molecule has 1 aromatic heterocycles. The van der Waals surface area contributed by atoms with Crippen LogP contribution >= 0.6 is 23.2 Å². The first-order valence-electron chi connectivity index (χ1n) is 6.89. The van der Waals surface area contributed by atoms with Crippen molar-refractivity contribution in [1.29, 1.82) is 0 Å². The van der Waals surface area contributed by atoms with Crippen molar-refractivity contribution in [2.24, 2.45) is 4.99 Å². The number of benzene rings is 2. The maximum atomic E-state index is 5.98. The van der Waals surface area contributed by atoms with E-state index in [0.717, 1.165) is 11.3 Å². The molecule has 0 aliphatic rings. The number of rotatable bonds is 4. The number of pyridine rings is 1. The van der Waals surface area contributed by atoms with Crippen molar-refractivity contribution in [2.75, 3.05) is 0 Å². The smallest absolute Gasteiger partial charge is 0.154 e. The first-order valence-corrected chi connectivity index (χ1v) is 7.64. The van der Waals surface area contributed by atoms with Crippen LogP contribution in [0.25, 0.3) is 0 Å². The van der Waals surface area contributed by atoms with Gasteiger partial charge in [0.2, 0.25) is 0 Å². The van der Waals surface area contributed by atoms with Crippen LogP contribution in [0.1, 0.15) is 5.56 Å². The minimum absolute atomic E-state index is 0.373. The van der Waals surface area contributed by atoms with Gasteiger partial charge in [0.25, 0.3) is 0 Å². The van der Waals surface area contributed by atoms with E-state index in [4.69, 9.17) is 27.9 Å². The Morgan fingerprint density at radius 1 is 0.913 bits per heavy atom. The second-order valence-corrected chi connectivity index (χ2v) is 5.49. The highest BCUT2D eigenvalue weighted by Crippen LogP contribution is 2.24. The topological polar surface area (TPSA) is 34.5 Å². The Balaban J connectivity index is 1.77. The largest absolute Gasteiger partial charge is 0.457 e. The molecule has 3 aromatic rings. The van der Waals surface area contributed by atoms with Crippen molar-refractivity contribution in [3.8, 4) is 11.5 Å². The Kier molecular flexibility index (Phi) is 4.91. The number of hydrogen-bond acceptors (Lipinski definition) is 3. The molecule has 0 saturated carbocycles. The molecule has 3 rings (SSSR count). The van der Waals surface area contributed by atoms with Gasteiger partial charge in [0.1, 0.15) is 17.2 Å². The lowest BCUT2D eigenvalue weighted by molar-refractivity contribution is 0.482. The molecule has 0 amide bonds. The first kappa shape index (κ1) is 15.5. The Bertz CT molecular complexity index is 832. The Hall–Kier alpha value is -2.36. The highest BCUT2D eigenvalue weighted by Gasteiger charge is 2.00. The quantitative estimate of drug-likeness (QED) is 0.434. The van der Waals surface area contributed by atoms with E-state index in [1.165, 1.54) is 0 Å². The summed E-state index contributed by atoms with van der Waals surface area (Å²) < 4.78 is 5.79. The Morgan fingerprint density at radius 2 is 1.74 bits per heavy atom. The highest BCUT2D eigenvalue weighted by atomic mass is 35.5. The number of halogens is 2. The predicted molar refractivity (Wildman–Crippen MR) is 94.5 cm³/mol. The van der Waals surface area contributed by atoms with Gasteiger partial charge in [-0.2, -0.15) is 0 Å². The zero-order valence-electron chi connectivity index (χ0n) is 12.0. The van der Waals surface area contributed by atoms with Crippen LogP contribution in [0.2, 0.25) is 10.2 Å². The van der Waals surface area contributed by atoms with E-state index >= 15 is 0 Å². The summed E-state index contributed by atoms with van der Waals surface area (Å²) in [6.45, 7) is 0. The van der Waals surface area contributed by atoms with Gasteiger partial charge in [-0.3, -0.25) is 4.99 Å². The molecule has 2 aromatic carbocycles. The molecular formula is C18H12Cl2N2O. The third-order valence-corrected chi connectivity index (χ3v) is 3.54. The van der Waals surface area contributed by atoms with Crippen LogP contribution < -0.4 is 4.74 Å². The van der Waals surface area contributed by atoms with Gasteiger partial charge < -0.3 is 4.74 Å². The monoisotopic (exact) mass is 342 g/mol. The van der Waals surface area contributed by atoms with Crippen molar-refractivity contribution in [1.82, 2.24) is 4.98 Å². The fraction of sp³-hybridized carbons (Fsp3) is 0. The van der Waals surface area contributed by atoms with Crippen molar-refractivity contribution < 1.29 is 4.74 Å². The van der Waals surface area contributed by atoms with Gasteiger partial charge in [-0.25, -0.2) is 4.98 Å². The number of aromatic nitrogens is 1. The number of hydrogen-bond donors (Lipinski definition) is 0. The number of aliphatic imine (C=N–C) groups is 1. The normalized spacial score (nSPS) is 10.9. The molecular weight excluding hydrogens is 331 g/mol. The van der Waals surface area contributed by atoms with Crippen LogP contribution in [-0.2, 0) is 0 Å². The molecule has 0 N–H and O–H groups in total. The summed E-state index contributed by atoms with van der Waals surface area (Å²) in [4.78, 5) is 8.33. The van der Waals surface area contributed by atoms with E-state index in [0.29, 0.717) is 21.6 Å². The third-order valence-electron chi connectivity index (χ3n) is 3.00. The Morgan fingerprint density at radius 3 is 2.52 bits per heavy atom. The summed E-state index contributed by atoms with van der Waals surface area (Å²) in [5.41, 5.74) is 1.52. The van der Waals surface area contributed by atoms with Gasteiger partial charge in [0.05, 0.1) is 0 Å². The van der Waals surface area contributed by atoms with Gasteiger partial charge in [-0.1, -0.05) is 35.3 Å². The highest BCUT2D eigenvalue weighted by molar-refractivity contribution is 6.31. The summed E-state index contributed by atoms with van der Waals surface area (Å²) in [5, 5.41) is 1.05. The minimum Gasteiger partial charge on any atom is -0.457 e. The van der Waals surface area contributed by atoms with E-state index in [2.05, 4.69) is 9.98 Å². The third kappa shape index (κ3) is 4.31. The minimum atomic E-state index is 0.373. The van der Waals surface area contributed by atoms with Crippen molar-refractivity contribution in [3.63, 3.8) is 0 Å². The molecule has 0 aliphatic carbocycles. The zero-order valence-corrected chi connectivity index (χ0v) is 13.5. The molecule has 3 nitrogen and oxygen atoms in total. The fourth-order valence-corrected chi connectivity index (χ4v) is 2.21. The van der Waals surface area contributed by atoms with Crippen LogP contribution in [0.3, 0.4) is 0 Å². The molecule has 1 heterocycles. The second kappa shape index (κ2) is 7.27. The number of ether oxygens (including phenoxy) is 1. The lowest BCUT2D eigenvalue weighted by Gasteiger charge is -2.06. The number of nitrogens with zero attached hydrogens (tertiary/aromatic N) is 2. The van der Waals surface area contributed by atoms with E-state index in [1.54, 1.807) is 36.7 Å². The van der Waals surface area contributed by atoms with Crippen molar-refractivity contribution in [3.05, 3.63) is 82.6 Å². The first-order chi connectivity index (χ1) is 11.2. The fourth-order valence-electron chi connectivity index (χ4n) is 1.91. The van der Waals surface area contributed by atoms with Gasteiger partial charge in [0.15, 0.2) is 5.15 Å². The molecule has 0 atom stereocenters. The van der Waals surface area contributed by atoms with Crippen LogP contribution in [0.5, 0.6) is 11.5 Å². The van der Waals surface area contributed by atoms with Crippen LogP contribution in [-0.4, -0.2) is 11.2 Å². The maximum Gasteiger partial charge on any atom is 0.154 e. The lowest BCUT2D eigenvalue weighted by Crippen LogP contribution is -1.86. The molecule has 23 heavy (non-hydrogen) atoms. The van der Waals surface area contributed by atoms with E-state index < -0.39 is 0 Å². The maximum absolute atomic E-state index is 5.98. The van der Waals surface area contributed by atoms with Crippen molar-refractivity contribution in [2.45, 2.75) is 0 Å². The summed E-state index contributed by atoms with van der Waals surface area (Å²) in [7, 11) is 0. The van der Waals surface area contributed by atoms with Gasteiger partial charge in [0, 0.05) is 17.4 Å². The standard InChI is InChI=1S/C18H12Cl2N2O/c19-14-6-8-15(9-7-14)23-16-4-1-3-13(11-16)12-22-17-5-2-10-21-18(17)20/h1-12H. The molecule has 5 heteroatoms. The Labute approximate surface area is 144 Å². The molecule has 114 valence electrons. The molecule has 0 unspecified atom stereocenters. The van der Waals surface area contributed by atoms with Crippen LogP contribution in [0, 0.1) is 0 Å².